The van der Waals surface area contributed by atoms with E-state index in [2.05, 4.69) is 0 Å². The Morgan fingerprint density at radius 3 is 0.375 bits per heavy atom. The van der Waals surface area contributed by atoms with E-state index < -0.39 is 0 Å². The largest absolute Gasteiger partial charge is 3.00 e. The summed E-state index contributed by atoms with van der Waals surface area (Å²) in [6, 6.07) is 0. The summed E-state index contributed by atoms with van der Waals surface area (Å²) in [4.78, 5) is 0. The predicted octanol–water partition coefficient (Wildman–Crippen LogP) is -18.7. The molecule has 0 nitrogen and oxygen atoms in total. The third-order valence-electron chi connectivity index (χ3n) is 0. The summed E-state index contributed by atoms with van der Waals surface area (Å²) in [6.45, 7) is 0. The van der Waals surface area contributed by atoms with Gasteiger partial charge in [0, 0.05) is 0 Å². The van der Waals surface area contributed by atoms with Gasteiger partial charge in [-0.2, -0.15) is 0 Å². The number of halogens is 6. The van der Waals surface area contributed by atoms with Crippen LogP contribution in [0, 0.1) is 0 Å². The summed E-state index contributed by atoms with van der Waals surface area (Å²) < 4.78 is 0. The molecule has 0 unspecified atom stereocenters. The molecule has 0 aromatic carbocycles. The maximum atomic E-state index is 0. The van der Waals surface area contributed by atoms with Crippen LogP contribution in [0.1, 0.15) is 0 Å². The molecule has 0 heterocycles. The Labute approximate surface area is 143 Å². The van der Waals surface area contributed by atoms with Crippen LogP contribution in [-0.2, 0) is 0 Å². The van der Waals surface area contributed by atoms with E-state index in [1.165, 1.54) is 0 Å². The van der Waals surface area contributed by atoms with Crippen molar-refractivity contribution in [2.24, 2.45) is 0 Å². The zero-order valence-corrected chi connectivity index (χ0v) is 17.4. The van der Waals surface area contributed by atoms with Crippen molar-refractivity contribution in [1.29, 1.82) is 0 Å². The van der Waals surface area contributed by atoms with Crippen molar-refractivity contribution in [3.63, 3.8) is 0 Å². The summed E-state index contributed by atoms with van der Waals surface area (Å²) in [6.07, 6.45) is 0. The molecular weight excluding hydrogens is 715 g/mol. The summed E-state index contributed by atoms with van der Waals surface area (Å²) in [7, 11) is 0. The van der Waals surface area contributed by atoms with Crippen LogP contribution in [0.25, 0.3) is 0 Å². The molecule has 0 aliphatic carbocycles. The molecule has 2 radical (unpaired) electrons. The van der Waals surface area contributed by atoms with Gasteiger partial charge in [-0.25, -0.2) is 0 Å². The van der Waals surface area contributed by atoms with E-state index in [1.54, 1.807) is 0 Å². The van der Waals surface area contributed by atoms with E-state index in [9.17, 15) is 0 Å². The average molecular weight is 715 g/mol. The molecule has 8 heteroatoms. The molecule has 8 heavy (non-hydrogen) atoms. The van der Waals surface area contributed by atoms with Crippen LogP contribution >= 0.6 is 0 Å². The first kappa shape index (κ1) is 85.0. The van der Waals surface area contributed by atoms with Gasteiger partial charge in [0.2, 0.25) is 0 Å². The van der Waals surface area contributed by atoms with Gasteiger partial charge in [0.05, 0.1) is 0 Å². The standard InChI is InChI=1S/Al.Bi.6BrH/h;;6*1H/q2*+3;;;;;;/p-6. The first-order valence-corrected chi connectivity index (χ1v) is 0. The number of rotatable bonds is 0. The average Bonchev–Trinajstić information content (AvgIpc) is 0. The van der Waals surface area contributed by atoms with Crippen molar-refractivity contribution >= 4 is 43.6 Å². The fraction of sp³-hybridized carbons (Fsp3) is 0. The molecule has 0 saturated carbocycles. The van der Waals surface area contributed by atoms with Gasteiger partial charge in [-0.15, -0.1) is 0 Å². The van der Waals surface area contributed by atoms with Crippen LogP contribution < -0.4 is 102 Å². The van der Waals surface area contributed by atoms with Crippen LogP contribution in [0.2, 0.25) is 0 Å². The van der Waals surface area contributed by atoms with Gasteiger partial charge in [-0.3, -0.25) is 0 Å². The molecule has 50 valence electrons. The smallest absolute Gasteiger partial charge is 1.00 e. The van der Waals surface area contributed by atoms with Crippen LogP contribution in [0.4, 0.5) is 0 Å². The van der Waals surface area contributed by atoms with Crippen molar-refractivity contribution < 1.29 is 102 Å². The van der Waals surface area contributed by atoms with E-state index in [-0.39, 0.29) is 145 Å². The molecule has 0 aromatic heterocycles. The molecule has 0 fully saturated rings. The van der Waals surface area contributed by atoms with E-state index in [0.717, 1.165) is 0 Å². The van der Waals surface area contributed by atoms with Crippen LogP contribution in [0.3, 0.4) is 0 Å². The minimum absolute atomic E-state index is 0. The zero-order valence-electron chi connectivity index (χ0n) is 3.29. The van der Waals surface area contributed by atoms with Crippen molar-refractivity contribution in [3.05, 3.63) is 0 Å². The first-order valence-electron chi connectivity index (χ1n) is 0. The van der Waals surface area contributed by atoms with Crippen molar-refractivity contribution in [3.8, 4) is 0 Å². The Morgan fingerprint density at radius 2 is 0.375 bits per heavy atom. The second-order valence-corrected chi connectivity index (χ2v) is 0. The second kappa shape index (κ2) is 64.9. The van der Waals surface area contributed by atoms with E-state index >= 15 is 0 Å². The number of hydrogen-bond acceptors (Lipinski definition) is 0. The molecule has 0 atom stereocenters. The van der Waals surface area contributed by atoms with Gasteiger partial charge in [-0.1, -0.05) is 0 Å². The summed E-state index contributed by atoms with van der Waals surface area (Å²) in [5.41, 5.74) is 0. The Hall–Kier alpha value is 4.30. The Kier molecular flexibility index (Phi) is 690. The van der Waals surface area contributed by atoms with Gasteiger partial charge in [0.15, 0.2) is 0 Å². The molecule has 0 bridgehead atoms. The summed E-state index contributed by atoms with van der Waals surface area (Å²) >= 11 is 0. The molecular formula is AlBiBr6. The van der Waals surface area contributed by atoms with Gasteiger partial charge >= 0.3 is 43.6 Å². The first-order chi connectivity index (χ1) is 0. The molecule has 0 aromatic rings. The molecule has 0 saturated heterocycles. The van der Waals surface area contributed by atoms with Gasteiger partial charge in [-0.05, 0) is 0 Å². The minimum atomic E-state index is 0. The maximum Gasteiger partial charge on any atom is 3.00 e. The van der Waals surface area contributed by atoms with Gasteiger partial charge in [0.25, 0.3) is 0 Å². The maximum absolute atomic E-state index is 0. The molecule has 0 N–H and O–H groups in total. The molecule has 0 rings (SSSR count). The van der Waals surface area contributed by atoms with Crippen molar-refractivity contribution in [2.45, 2.75) is 0 Å². The SMILES string of the molecule is [Al+3].[Bi+3].[Br-].[Br-].[Br-].[Br-].[Br-].[Br-]. The van der Waals surface area contributed by atoms with Gasteiger partial charge in [0.1, 0.15) is 0 Å². The molecule has 0 aliphatic rings. The minimum Gasteiger partial charge on any atom is -1.00 e. The third-order valence-corrected chi connectivity index (χ3v) is 0. The van der Waals surface area contributed by atoms with Crippen molar-refractivity contribution in [1.82, 2.24) is 0 Å². The van der Waals surface area contributed by atoms with Crippen LogP contribution in [-0.4, -0.2) is 43.6 Å². The molecule has 0 amide bonds. The fourth-order valence-electron chi connectivity index (χ4n) is 0. The molecule has 0 spiro atoms. The Bertz CT molecular complexity index is 8.49. The monoisotopic (exact) mass is 709 g/mol. The predicted molar refractivity (Wildman–Crippen MR) is 11.5 cm³/mol. The molecule has 0 aliphatic heterocycles. The van der Waals surface area contributed by atoms with Crippen LogP contribution in [0.5, 0.6) is 0 Å². The fourth-order valence-corrected chi connectivity index (χ4v) is 0. The zero-order chi connectivity index (χ0) is 0. The second-order valence-electron chi connectivity index (χ2n) is 0. The van der Waals surface area contributed by atoms with E-state index in [4.69, 9.17) is 0 Å². The summed E-state index contributed by atoms with van der Waals surface area (Å²) in [5.74, 6) is 0. The quantitative estimate of drug-likeness (QED) is 0.219. The third kappa shape index (κ3) is 48.2. The van der Waals surface area contributed by atoms with E-state index in [0.29, 0.717) is 0 Å². The van der Waals surface area contributed by atoms with E-state index in [1.807, 2.05) is 0 Å². The Balaban J connectivity index is 0. The number of hydrogen-bond donors (Lipinski definition) is 0. The normalized spacial score (nSPS) is 0. The van der Waals surface area contributed by atoms with Crippen LogP contribution in [0.15, 0.2) is 0 Å². The topological polar surface area (TPSA) is 0 Å². The van der Waals surface area contributed by atoms with Crippen molar-refractivity contribution in [2.75, 3.05) is 0 Å². The summed E-state index contributed by atoms with van der Waals surface area (Å²) in [5, 5.41) is 0. The van der Waals surface area contributed by atoms with Gasteiger partial charge < -0.3 is 102 Å². The Morgan fingerprint density at radius 1 is 0.375 bits per heavy atom.